The van der Waals surface area contributed by atoms with Crippen LogP contribution >= 0.6 is 0 Å². The summed E-state index contributed by atoms with van der Waals surface area (Å²) < 4.78 is 0. The first-order chi connectivity index (χ1) is 14.2. The SMILES string of the molecule is O=C(CCCCCC=CCc1ccccc1)c1cc2c3c(c1)CCN3C(=O)CC2. The third-order valence-electron chi connectivity index (χ3n) is 6.01. The van der Waals surface area contributed by atoms with Crippen molar-refractivity contribution in [1.29, 1.82) is 0 Å². The van der Waals surface area contributed by atoms with Gasteiger partial charge in [-0.15, -0.1) is 0 Å². The summed E-state index contributed by atoms with van der Waals surface area (Å²) in [5.41, 5.74) is 5.65. The van der Waals surface area contributed by atoms with Gasteiger partial charge in [-0.2, -0.15) is 0 Å². The zero-order valence-electron chi connectivity index (χ0n) is 17.0. The zero-order chi connectivity index (χ0) is 20.1. The van der Waals surface area contributed by atoms with E-state index in [1.807, 2.05) is 23.1 Å². The Hall–Kier alpha value is -2.68. The average Bonchev–Trinajstić information content (AvgIpc) is 3.18. The third-order valence-corrected chi connectivity index (χ3v) is 6.01. The average molecular weight is 388 g/mol. The number of Topliss-reactive ketones (excluding diaryl/α,β-unsaturated/α-hetero) is 1. The molecule has 4 rings (SSSR count). The van der Waals surface area contributed by atoms with E-state index in [0.29, 0.717) is 12.8 Å². The Kier molecular flexibility index (Phi) is 6.24. The molecule has 2 aliphatic rings. The molecule has 0 unspecified atom stereocenters. The lowest BCUT2D eigenvalue weighted by molar-refractivity contribution is -0.118. The molecule has 2 aromatic rings. The van der Waals surface area contributed by atoms with Crippen molar-refractivity contribution in [3.8, 4) is 0 Å². The summed E-state index contributed by atoms with van der Waals surface area (Å²) >= 11 is 0. The van der Waals surface area contributed by atoms with Crippen LogP contribution in [0.1, 0.15) is 65.6 Å². The molecule has 0 atom stereocenters. The fourth-order valence-electron chi connectivity index (χ4n) is 4.44. The minimum Gasteiger partial charge on any atom is -0.312 e. The van der Waals surface area contributed by atoms with Crippen molar-refractivity contribution >= 4 is 17.4 Å². The Morgan fingerprint density at radius 2 is 1.72 bits per heavy atom. The minimum atomic E-state index is 0.230. The maximum Gasteiger partial charge on any atom is 0.227 e. The number of ketones is 1. The van der Waals surface area contributed by atoms with Crippen molar-refractivity contribution in [2.75, 3.05) is 11.4 Å². The van der Waals surface area contributed by atoms with Crippen LogP contribution in [0.5, 0.6) is 0 Å². The predicted molar refractivity (Wildman–Crippen MR) is 118 cm³/mol. The Bertz CT molecular complexity index is 914. The largest absolute Gasteiger partial charge is 0.312 e. The number of benzene rings is 2. The molecular formula is C26H29NO2. The number of hydrogen-bond donors (Lipinski definition) is 0. The van der Waals surface area contributed by atoms with Crippen LogP contribution in [0.3, 0.4) is 0 Å². The van der Waals surface area contributed by atoms with E-state index in [1.165, 1.54) is 16.7 Å². The molecular weight excluding hydrogens is 358 g/mol. The maximum absolute atomic E-state index is 12.7. The molecule has 0 spiro atoms. The van der Waals surface area contributed by atoms with Gasteiger partial charge in [0.05, 0.1) is 5.69 Å². The highest BCUT2D eigenvalue weighted by atomic mass is 16.2. The van der Waals surface area contributed by atoms with Gasteiger partial charge in [-0.25, -0.2) is 0 Å². The molecule has 3 nitrogen and oxygen atoms in total. The van der Waals surface area contributed by atoms with Gasteiger partial charge in [-0.05, 0) is 67.3 Å². The quantitative estimate of drug-likeness (QED) is 0.326. The highest BCUT2D eigenvalue weighted by Gasteiger charge is 2.31. The first-order valence-electron chi connectivity index (χ1n) is 10.9. The normalized spacial score (nSPS) is 15.2. The lowest BCUT2D eigenvalue weighted by Gasteiger charge is -2.25. The minimum absolute atomic E-state index is 0.230. The number of carbonyl (C=O) groups is 2. The van der Waals surface area contributed by atoms with Crippen LogP contribution in [0.2, 0.25) is 0 Å². The first-order valence-corrected chi connectivity index (χ1v) is 10.9. The standard InChI is InChI=1S/C26H29NO2/c28-24(13-9-4-2-1-3-6-10-20-11-7-5-8-12-20)23-18-21-14-15-25(29)27-17-16-22(19-23)26(21)27/h3,5-8,11-12,18-19H,1-2,4,9-10,13-17H2. The number of nitrogens with zero attached hydrogens (tertiary/aromatic N) is 1. The molecule has 0 fully saturated rings. The Labute approximate surface area is 173 Å². The summed E-state index contributed by atoms with van der Waals surface area (Å²) in [6, 6.07) is 14.6. The van der Waals surface area contributed by atoms with Gasteiger partial charge in [0.15, 0.2) is 5.78 Å². The summed E-state index contributed by atoms with van der Waals surface area (Å²) in [6.45, 7) is 0.774. The number of hydrogen-bond acceptors (Lipinski definition) is 2. The number of allylic oxidation sites excluding steroid dienone is 2. The van der Waals surface area contributed by atoms with E-state index in [-0.39, 0.29) is 11.7 Å². The Balaban J connectivity index is 1.20. The highest BCUT2D eigenvalue weighted by molar-refractivity contribution is 6.02. The van der Waals surface area contributed by atoms with Gasteiger partial charge in [0.2, 0.25) is 5.91 Å². The summed E-state index contributed by atoms with van der Waals surface area (Å²) in [7, 11) is 0. The maximum atomic E-state index is 12.7. The molecule has 2 aromatic carbocycles. The van der Waals surface area contributed by atoms with Gasteiger partial charge >= 0.3 is 0 Å². The highest BCUT2D eigenvalue weighted by Crippen LogP contribution is 2.37. The van der Waals surface area contributed by atoms with Gasteiger partial charge in [-0.1, -0.05) is 48.9 Å². The van der Waals surface area contributed by atoms with Crippen LogP contribution in [-0.4, -0.2) is 18.2 Å². The monoisotopic (exact) mass is 387 g/mol. The van der Waals surface area contributed by atoms with Crippen LogP contribution in [0.15, 0.2) is 54.6 Å². The summed E-state index contributed by atoms with van der Waals surface area (Å²) in [5, 5.41) is 0. The van der Waals surface area contributed by atoms with E-state index in [4.69, 9.17) is 0 Å². The molecule has 0 radical (unpaired) electrons. The van der Waals surface area contributed by atoms with E-state index in [9.17, 15) is 9.59 Å². The summed E-state index contributed by atoms with van der Waals surface area (Å²) in [6.07, 6.45) is 12.6. The second kappa shape index (κ2) is 9.21. The topological polar surface area (TPSA) is 37.4 Å². The number of aryl methyl sites for hydroxylation is 1. The molecule has 1 amide bonds. The molecule has 0 bridgehead atoms. The Morgan fingerprint density at radius 3 is 2.55 bits per heavy atom. The van der Waals surface area contributed by atoms with Crippen LogP contribution < -0.4 is 4.90 Å². The molecule has 2 heterocycles. The second-order valence-corrected chi connectivity index (χ2v) is 8.12. The molecule has 3 heteroatoms. The fourth-order valence-corrected chi connectivity index (χ4v) is 4.44. The number of anilines is 1. The number of rotatable bonds is 9. The smallest absolute Gasteiger partial charge is 0.227 e. The lowest BCUT2D eigenvalue weighted by Crippen LogP contribution is -2.32. The van der Waals surface area contributed by atoms with Gasteiger partial charge < -0.3 is 4.90 Å². The van der Waals surface area contributed by atoms with E-state index >= 15 is 0 Å². The molecule has 29 heavy (non-hydrogen) atoms. The summed E-state index contributed by atoms with van der Waals surface area (Å²) in [5.74, 6) is 0.479. The molecule has 150 valence electrons. The van der Waals surface area contributed by atoms with E-state index in [0.717, 1.165) is 62.7 Å². The summed E-state index contributed by atoms with van der Waals surface area (Å²) in [4.78, 5) is 26.6. The predicted octanol–water partition coefficient (Wildman–Crippen LogP) is 5.45. The van der Waals surface area contributed by atoms with Crippen molar-refractivity contribution in [1.82, 2.24) is 0 Å². The zero-order valence-corrected chi connectivity index (χ0v) is 17.0. The van der Waals surface area contributed by atoms with E-state index in [1.54, 1.807) is 0 Å². The third kappa shape index (κ3) is 4.67. The number of carbonyl (C=O) groups excluding carboxylic acids is 2. The molecule has 0 aromatic heterocycles. The van der Waals surface area contributed by atoms with Crippen LogP contribution in [-0.2, 0) is 24.1 Å². The number of unbranched alkanes of at least 4 members (excludes halogenated alkanes) is 3. The number of amides is 1. The van der Waals surface area contributed by atoms with Gasteiger partial charge in [0, 0.05) is 24.9 Å². The van der Waals surface area contributed by atoms with Crippen LogP contribution in [0, 0.1) is 0 Å². The van der Waals surface area contributed by atoms with Crippen LogP contribution in [0.25, 0.3) is 0 Å². The van der Waals surface area contributed by atoms with Crippen LogP contribution in [0.4, 0.5) is 5.69 Å². The molecule has 0 aliphatic carbocycles. The van der Waals surface area contributed by atoms with Crippen molar-refractivity contribution in [3.63, 3.8) is 0 Å². The van der Waals surface area contributed by atoms with E-state index < -0.39 is 0 Å². The van der Waals surface area contributed by atoms with Crippen molar-refractivity contribution in [3.05, 3.63) is 76.9 Å². The molecule has 0 saturated carbocycles. The van der Waals surface area contributed by atoms with Crippen molar-refractivity contribution in [2.24, 2.45) is 0 Å². The van der Waals surface area contributed by atoms with Crippen molar-refractivity contribution in [2.45, 2.75) is 57.8 Å². The second-order valence-electron chi connectivity index (χ2n) is 8.12. The Morgan fingerprint density at radius 1 is 0.931 bits per heavy atom. The first kappa shape index (κ1) is 19.6. The van der Waals surface area contributed by atoms with Gasteiger partial charge in [0.1, 0.15) is 0 Å². The molecule has 0 N–H and O–H groups in total. The molecule has 2 aliphatic heterocycles. The fraction of sp³-hybridized carbons (Fsp3) is 0.385. The van der Waals surface area contributed by atoms with Gasteiger partial charge in [0.25, 0.3) is 0 Å². The van der Waals surface area contributed by atoms with E-state index in [2.05, 4.69) is 36.4 Å². The molecule has 0 saturated heterocycles. The lowest BCUT2D eigenvalue weighted by atomic mass is 9.94. The van der Waals surface area contributed by atoms with Gasteiger partial charge in [-0.3, -0.25) is 9.59 Å². The van der Waals surface area contributed by atoms with Crippen molar-refractivity contribution < 1.29 is 9.59 Å².